The number of furan rings is 1. The minimum absolute atomic E-state index is 0.106. The molecule has 0 radical (unpaired) electrons. The average Bonchev–Trinajstić information content (AvgIpc) is 2.96. The third-order valence-corrected chi connectivity index (χ3v) is 3.72. The van der Waals surface area contributed by atoms with E-state index in [2.05, 4.69) is 6.92 Å². The van der Waals surface area contributed by atoms with Gasteiger partial charge in [-0.15, -0.1) is 0 Å². The third kappa shape index (κ3) is 2.12. The van der Waals surface area contributed by atoms with Gasteiger partial charge in [0.25, 0.3) is 0 Å². The Morgan fingerprint density at radius 1 is 1.00 bits per heavy atom. The highest BCUT2D eigenvalue weighted by molar-refractivity contribution is 6.20. The number of carbonyl (C=O) groups excluding carboxylic acids is 1. The van der Waals surface area contributed by atoms with Gasteiger partial charge in [0.2, 0.25) is 0 Å². The van der Waals surface area contributed by atoms with E-state index in [9.17, 15) is 4.79 Å². The fourth-order valence-electron chi connectivity index (χ4n) is 2.68. The molecule has 1 aromatic carbocycles. The predicted octanol–water partition coefficient (Wildman–Crippen LogP) is 4.61. The number of benzene rings is 1. The number of ketones is 1. The topological polar surface area (TPSA) is 30.2 Å². The molecule has 2 aromatic rings. The molecule has 0 fully saturated rings. The van der Waals surface area contributed by atoms with Gasteiger partial charge in [-0.2, -0.15) is 0 Å². The van der Waals surface area contributed by atoms with Gasteiger partial charge in [-0.1, -0.05) is 50.5 Å². The number of fused-ring (bicyclic) bond motifs is 3. The second-order valence-corrected chi connectivity index (χ2v) is 5.14. The number of rotatable bonds is 5. The predicted molar refractivity (Wildman–Crippen MR) is 75.4 cm³/mol. The highest BCUT2D eigenvalue weighted by atomic mass is 16.3. The van der Waals surface area contributed by atoms with Crippen molar-refractivity contribution in [2.24, 2.45) is 0 Å². The lowest BCUT2D eigenvalue weighted by atomic mass is 10.1. The van der Waals surface area contributed by atoms with Gasteiger partial charge in [0.05, 0.1) is 5.56 Å². The molecule has 2 nitrogen and oxygen atoms in total. The summed E-state index contributed by atoms with van der Waals surface area (Å²) in [5, 5.41) is 0. The van der Waals surface area contributed by atoms with Crippen LogP contribution in [-0.2, 0) is 6.42 Å². The van der Waals surface area contributed by atoms with Crippen LogP contribution in [-0.4, -0.2) is 5.78 Å². The van der Waals surface area contributed by atoms with E-state index < -0.39 is 0 Å². The van der Waals surface area contributed by atoms with E-state index in [4.69, 9.17) is 4.42 Å². The van der Waals surface area contributed by atoms with Crippen molar-refractivity contribution in [3.8, 4) is 11.3 Å². The van der Waals surface area contributed by atoms with Crippen molar-refractivity contribution in [1.82, 2.24) is 0 Å². The van der Waals surface area contributed by atoms with Crippen LogP contribution in [0.3, 0.4) is 0 Å². The molecule has 0 N–H and O–H groups in total. The molecule has 2 heteroatoms. The standard InChI is InChI=1S/C17H18O2/c1-2-3-4-5-8-12-11-15-16(18)13-9-6-7-10-14(13)17(15)19-12/h6-7,9-11H,2-5,8H2,1H3. The summed E-state index contributed by atoms with van der Waals surface area (Å²) in [5.41, 5.74) is 2.46. The SMILES string of the molecule is CCCCCCc1cc2c(o1)-c1ccccc1C2=O. The molecular formula is C17H18O2. The molecule has 0 aliphatic heterocycles. The van der Waals surface area contributed by atoms with Gasteiger partial charge >= 0.3 is 0 Å². The Labute approximate surface area is 113 Å². The van der Waals surface area contributed by atoms with Crippen molar-refractivity contribution in [1.29, 1.82) is 0 Å². The Morgan fingerprint density at radius 3 is 2.58 bits per heavy atom. The van der Waals surface area contributed by atoms with Gasteiger partial charge in [0.1, 0.15) is 11.5 Å². The summed E-state index contributed by atoms with van der Waals surface area (Å²) in [5.74, 6) is 1.82. The van der Waals surface area contributed by atoms with Crippen molar-refractivity contribution in [2.75, 3.05) is 0 Å². The zero-order chi connectivity index (χ0) is 13.2. The molecule has 1 heterocycles. The molecule has 0 bridgehead atoms. The lowest BCUT2D eigenvalue weighted by Crippen LogP contribution is -1.94. The zero-order valence-corrected chi connectivity index (χ0v) is 11.2. The minimum Gasteiger partial charge on any atom is -0.460 e. The van der Waals surface area contributed by atoms with E-state index in [1.807, 2.05) is 30.3 Å². The van der Waals surface area contributed by atoms with Crippen LogP contribution >= 0.6 is 0 Å². The van der Waals surface area contributed by atoms with Gasteiger partial charge in [-0.25, -0.2) is 0 Å². The second-order valence-electron chi connectivity index (χ2n) is 5.14. The van der Waals surface area contributed by atoms with E-state index in [0.29, 0.717) is 0 Å². The summed E-state index contributed by atoms with van der Waals surface area (Å²) in [6.07, 6.45) is 5.80. The average molecular weight is 254 g/mol. The summed E-state index contributed by atoms with van der Waals surface area (Å²) in [7, 11) is 0. The van der Waals surface area contributed by atoms with Crippen LogP contribution in [0.2, 0.25) is 0 Å². The van der Waals surface area contributed by atoms with E-state index in [1.54, 1.807) is 0 Å². The van der Waals surface area contributed by atoms with Crippen LogP contribution in [0.4, 0.5) is 0 Å². The van der Waals surface area contributed by atoms with E-state index in [1.165, 1.54) is 19.3 Å². The lowest BCUT2D eigenvalue weighted by molar-refractivity contribution is 0.104. The Balaban J connectivity index is 1.81. The first-order valence-corrected chi connectivity index (χ1v) is 7.08. The fourth-order valence-corrected chi connectivity index (χ4v) is 2.68. The van der Waals surface area contributed by atoms with Crippen molar-refractivity contribution >= 4 is 5.78 Å². The van der Waals surface area contributed by atoms with Crippen molar-refractivity contribution in [2.45, 2.75) is 39.0 Å². The maximum Gasteiger partial charge on any atom is 0.197 e. The molecule has 1 aliphatic rings. The first kappa shape index (κ1) is 12.2. The molecule has 0 spiro atoms. The molecule has 0 amide bonds. The third-order valence-electron chi connectivity index (χ3n) is 3.72. The quantitative estimate of drug-likeness (QED) is 0.622. The normalized spacial score (nSPS) is 12.6. The van der Waals surface area contributed by atoms with Gasteiger partial charge < -0.3 is 4.42 Å². The second kappa shape index (κ2) is 5.04. The van der Waals surface area contributed by atoms with Crippen molar-refractivity contribution in [3.05, 3.63) is 47.2 Å². The molecule has 0 saturated carbocycles. The number of hydrogen-bond acceptors (Lipinski definition) is 2. The van der Waals surface area contributed by atoms with Crippen LogP contribution in [0.5, 0.6) is 0 Å². The Bertz CT molecular complexity index is 607. The summed E-state index contributed by atoms with van der Waals surface area (Å²) >= 11 is 0. The van der Waals surface area contributed by atoms with Crippen LogP contribution in [0, 0.1) is 0 Å². The minimum atomic E-state index is 0.106. The van der Waals surface area contributed by atoms with Crippen molar-refractivity contribution < 1.29 is 9.21 Å². The van der Waals surface area contributed by atoms with E-state index in [0.717, 1.165) is 41.1 Å². The molecular weight excluding hydrogens is 236 g/mol. The molecule has 3 rings (SSSR count). The Kier molecular flexibility index (Phi) is 3.24. The number of carbonyl (C=O) groups is 1. The number of aryl methyl sites for hydroxylation is 1. The molecule has 0 saturated heterocycles. The van der Waals surface area contributed by atoms with Crippen LogP contribution in [0.25, 0.3) is 11.3 Å². The smallest absolute Gasteiger partial charge is 0.197 e. The first-order chi connectivity index (χ1) is 9.31. The fraction of sp³-hybridized carbons (Fsp3) is 0.353. The molecule has 19 heavy (non-hydrogen) atoms. The maximum atomic E-state index is 12.2. The zero-order valence-electron chi connectivity index (χ0n) is 11.2. The summed E-state index contributed by atoms with van der Waals surface area (Å²) in [6.45, 7) is 2.21. The maximum absolute atomic E-state index is 12.2. The summed E-state index contributed by atoms with van der Waals surface area (Å²) in [6, 6.07) is 9.61. The Hall–Kier alpha value is -1.83. The molecule has 0 atom stereocenters. The molecule has 98 valence electrons. The molecule has 1 aliphatic carbocycles. The summed E-state index contributed by atoms with van der Waals surface area (Å²) < 4.78 is 5.88. The summed E-state index contributed by atoms with van der Waals surface area (Å²) in [4.78, 5) is 12.2. The molecule has 1 aromatic heterocycles. The largest absolute Gasteiger partial charge is 0.460 e. The van der Waals surface area contributed by atoms with E-state index in [-0.39, 0.29) is 5.78 Å². The highest BCUT2D eigenvalue weighted by Crippen LogP contribution is 2.38. The van der Waals surface area contributed by atoms with Gasteiger partial charge in [0, 0.05) is 17.5 Å². The van der Waals surface area contributed by atoms with Crippen LogP contribution in [0.1, 0.15) is 54.3 Å². The highest BCUT2D eigenvalue weighted by Gasteiger charge is 2.30. The monoisotopic (exact) mass is 254 g/mol. The lowest BCUT2D eigenvalue weighted by Gasteiger charge is -1.99. The first-order valence-electron chi connectivity index (χ1n) is 7.08. The van der Waals surface area contributed by atoms with Crippen molar-refractivity contribution in [3.63, 3.8) is 0 Å². The van der Waals surface area contributed by atoms with Crippen LogP contribution < -0.4 is 0 Å². The van der Waals surface area contributed by atoms with Gasteiger partial charge in [-0.05, 0) is 12.5 Å². The number of hydrogen-bond donors (Lipinski definition) is 0. The van der Waals surface area contributed by atoms with E-state index >= 15 is 0 Å². The van der Waals surface area contributed by atoms with Gasteiger partial charge in [-0.3, -0.25) is 4.79 Å². The molecule has 0 unspecified atom stereocenters. The Morgan fingerprint density at radius 2 is 1.79 bits per heavy atom. The number of unbranched alkanes of at least 4 members (excludes halogenated alkanes) is 3. The van der Waals surface area contributed by atoms with Gasteiger partial charge in [0.15, 0.2) is 5.78 Å². The van der Waals surface area contributed by atoms with Crippen LogP contribution in [0.15, 0.2) is 34.7 Å².